The number of hydrogen-bond donors (Lipinski definition) is 0. The molecular weight excluding hydrogens is 532 g/mol. The highest BCUT2D eigenvalue weighted by Gasteiger charge is 2.18. The predicted molar refractivity (Wildman–Crippen MR) is 186 cm³/mol. The summed E-state index contributed by atoms with van der Waals surface area (Å²) >= 11 is 0. The average Bonchev–Trinajstić information content (AvgIpc) is 3.61. The molecule has 1 aliphatic rings. The molecule has 2 aromatic heterocycles. The van der Waals surface area contributed by atoms with Crippen LogP contribution in [-0.2, 0) is 6.42 Å². The Morgan fingerprint density at radius 2 is 1.02 bits per heavy atom. The first kappa shape index (κ1) is 24.9. The van der Waals surface area contributed by atoms with Gasteiger partial charge in [-0.2, -0.15) is 0 Å². The van der Waals surface area contributed by atoms with Gasteiger partial charge in [-0.3, -0.25) is 0 Å². The molecule has 0 radical (unpaired) electrons. The first-order valence-electron chi connectivity index (χ1n) is 15.4. The SMILES string of the molecule is C1=Cc2c(c3ccccc3n2-c2cccc(-c3cccc(-c4ccc5c(c4)c4ccccc4n5-c4ccccc4)c3)c2)CC1. The second-order valence-electron chi connectivity index (χ2n) is 11.7. The molecule has 44 heavy (non-hydrogen) atoms. The molecule has 0 unspecified atom stereocenters. The Morgan fingerprint density at radius 3 is 1.84 bits per heavy atom. The molecule has 1 aliphatic carbocycles. The second kappa shape index (κ2) is 10.00. The van der Waals surface area contributed by atoms with Crippen LogP contribution in [0.15, 0.2) is 152 Å². The first-order chi connectivity index (χ1) is 21.8. The molecule has 0 saturated carbocycles. The Kier molecular flexibility index (Phi) is 5.67. The summed E-state index contributed by atoms with van der Waals surface area (Å²) in [6.07, 6.45) is 6.80. The van der Waals surface area contributed by atoms with E-state index in [4.69, 9.17) is 0 Å². The van der Waals surface area contributed by atoms with E-state index in [1.165, 1.54) is 77.6 Å². The van der Waals surface area contributed by atoms with E-state index in [1.807, 2.05) is 0 Å². The summed E-state index contributed by atoms with van der Waals surface area (Å²) in [5.41, 5.74) is 13.8. The standard InChI is InChI=1S/C42H30N2/c1-2-15-33(16-3-1)43-41-23-9-6-20-37(41)38-28-32(24-25-42(38)43)30-13-10-12-29(26-30)31-14-11-17-34(27-31)44-39-21-7-4-18-35(39)36-19-5-8-22-40(36)44/h1-4,6-18,20-28H,5,19H2. The van der Waals surface area contributed by atoms with Gasteiger partial charge in [0.05, 0.1) is 16.6 Å². The van der Waals surface area contributed by atoms with Crippen LogP contribution in [0.25, 0.3) is 72.4 Å². The minimum Gasteiger partial charge on any atom is -0.310 e. The molecular formula is C42H30N2. The number of rotatable bonds is 4. The molecule has 6 aromatic carbocycles. The van der Waals surface area contributed by atoms with Crippen LogP contribution in [0.2, 0.25) is 0 Å². The third kappa shape index (κ3) is 3.88. The maximum atomic E-state index is 2.43. The van der Waals surface area contributed by atoms with Gasteiger partial charge in [0.2, 0.25) is 0 Å². The van der Waals surface area contributed by atoms with E-state index in [0.29, 0.717) is 0 Å². The molecule has 208 valence electrons. The van der Waals surface area contributed by atoms with Gasteiger partial charge in [0, 0.05) is 33.2 Å². The monoisotopic (exact) mass is 562 g/mol. The molecule has 0 fully saturated rings. The third-order valence-electron chi connectivity index (χ3n) is 9.18. The topological polar surface area (TPSA) is 9.86 Å². The summed E-state index contributed by atoms with van der Waals surface area (Å²) in [7, 11) is 0. The fraction of sp³-hybridized carbons (Fsp3) is 0.0476. The summed E-state index contributed by atoms with van der Waals surface area (Å²) in [4.78, 5) is 0. The second-order valence-corrected chi connectivity index (χ2v) is 11.7. The van der Waals surface area contributed by atoms with Gasteiger partial charge >= 0.3 is 0 Å². The quantitative estimate of drug-likeness (QED) is 0.202. The van der Waals surface area contributed by atoms with Crippen molar-refractivity contribution in [1.82, 2.24) is 9.13 Å². The van der Waals surface area contributed by atoms with E-state index >= 15 is 0 Å². The van der Waals surface area contributed by atoms with Crippen molar-refractivity contribution in [2.75, 3.05) is 0 Å². The van der Waals surface area contributed by atoms with E-state index in [-0.39, 0.29) is 0 Å². The van der Waals surface area contributed by atoms with Gasteiger partial charge in [-0.25, -0.2) is 0 Å². The molecule has 0 N–H and O–H groups in total. The summed E-state index contributed by atoms with van der Waals surface area (Å²) in [6, 6.07) is 53.1. The zero-order valence-electron chi connectivity index (χ0n) is 24.3. The Hall–Kier alpha value is -5.60. The minimum atomic E-state index is 1.09. The Labute approximate surface area is 256 Å². The molecule has 9 rings (SSSR count). The number of aryl methyl sites for hydroxylation is 1. The molecule has 2 heterocycles. The van der Waals surface area contributed by atoms with Crippen LogP contribution in [0.1, 0.15) is 17.7 Å². The Bertz CT molecular complexity index is 2380. The fourth-order valence-corrected chi connectivity index (χ4v) is 7.18. The number of nitrogens with zero attached hydrogens (tertiary/aromatic N) is 2. The van der Waals surface area contributed by atoms with Crippen molar-refractivity contribution in [3.05, 3.63) is 163 Å². The van der Waals surface area contributed by atoms with Crippen molar-refractivity contribution in [3.63, 3.8) is 0 Å². The molecule has 0 amide bonds. The normalized spacial score (nSPS) is 12.7. The predicted octanol–water partition coefficient (Wildman–Crippen LogP) is 11.0. The summed E-state index contributed by atoms with van der Waals surface area (Å²) in [5, 5.41) is 3.91. The molecule has 2 heteroatoms. The van der Waals surface area contributed by atoms with Gasteiger partial charge in [-0.05, 0) is 101 Å². The van der Waals surface area contributed by atoms with Crippen molar-refractivity contribution in [2.45, 2.75) is 12.8 Å². The number of allylic oxidation sites excluding steroid dienone is 1. The number of benzene rings is 6. The van der Waals surface area contributed by atoms with Crippen LogP contribution in [0.3, 0.4) is 0 Å². The lowest BCUT2D eigenvalue weighted by molar-refractivity contribution is 0.968. The summed E-state index contributed by atoms with van der Waals surface area (Å²) < 4.78 is 4.80. The molecule has 0 saturated heterocycles. The van der Waals surface area contributed by atoms with Crippen molar-refractivity contribution in [2.24, 2.45) is 0 Å². The zero-order chi connectivity index (χ0) is 29.0. The number of fused-ring (bicyclic) bond motifs is 6. The van der Waals surface area contributed by atoms with Crippen LogP contribution >= 0.6 is 0 Å². The fourth-order valence-electron chi connectivity index (χ4n) is 7.18. The van der Waals surface area contributed by atoms with E-state index < -0.39 is 0 Å². The molecule has 0 bridgehead atoms. The van der Waals surface area contributed by atoms with E-state index in [2.05, 4.69) is 167 Å². The highest BCUT2D eigenvalue weighted by Crippen LogP contribution is 2.37. The molecule has 0 aliphatic heterocycles. The maximum Gasteiger partial charge on any atom is 0.0541 e. The highest BCUT2D eigenvalue weighted by molar-refractivity contribution is 6.10. The first-order valence-corrected chi connectivity index (χ1v) is 15.4. The summed E-state index contributed by atoms with van der Waals surface area (Å²) in [5.74, 6) is 0. The zero-order valence-corrected chi connectivity index (χ0v) is 24.3. The molecule has 2 nitrogen and oxygen atoms in total. The van der Waals surface area contributed by atoms with E-state index in [9.17, 15) is 0 Å². The molecule has 0 spiro atoms. The van der Waals surface area contributed by atoms with Gasteiger partial charge in [0.15, 0.2) is 0 Å². The summed E-state index contributed by atoms with van der Waals surface area (Å²) in [6.45, 7) is 0. The minimum absolute atomic E-state index is 1.09. The third-order valence-corrected chi connectivity index (χ3v) is 9.18. The van der Waals surface area contributed by atoms with Crippen molar-refractivity contribution in [1.29, 1.82) is 0 Å². The van der Waals surface area contributed by atoms with Crippen LogP contribution in [-0.4, -0.2) is 9.13 Å². The van der Waals surface area contributed by atoms with E-state index in [1.54, 1.807) is 0 Å². The number of hydrogen-bond acceptors (Lipinski definition) is 0. The smallest absolute Gasteiger partial charge is 0.0541 e. The average molecular weight is 563 g/mol. The van der Waals surface area contributed by atoms with Gasteiger partial charge in [-0.1, -0.05) is 97.1 Å². The van der Waals surface area contributed by atoms with Crippen molar-refractivity contribution < 1.29 is 0 Å². The largest absolute Gasteiger partial charge is 0.310 e. The van der Waals surface area contributed by atoms with Crippen LogP contribution in [0, 0.1) is 0 Å². The number of para-hydroxylation sites is 3. The van der Waals surface area contributed by atoms with Crippen LogP contribution < -0.4 is 0 Å². The van der Waals surface area contributed by atoms with Gasteiger partial charge < -0.3 is 9.13 Å². The van der Waals surface area contributed by atoms with E-state index in [0.717, 1.165) is 12.8 Å². The van der Waals surface area contributed by atoms with Crippen molar-refractivity contribution >= 4 is 38.8 Å². The molecule has 0 atom stereocenters. The number of aromatic nitrogens is 2. The van der Waals surface area contributed by atoms with Gasteiger partial charge in [0.1, 0.15) is 0 Å². The maximum absolute atomic E-state index is 2.43. The van der Waals surface area contributed by atoms with Crippen LogP contribution in [0.4, 0.5) is 0 Å². The molecule has 8 aromatic rings. The highest BCUT2D eigenvalue weighted by atomic mass is 15.0. The lowest BCUT2D eigenvalue weighted by atomic mass is 9.97. The van der Waals surface area contributed by atoms with Crippen LogP contribution in [0.5, 0.6) is 0 Å². The van der Waals surface area contributed by atoms with Crippen molar-refractivity contribution in [3.8, 4) is 33.6 Å². The Morgan fingerprint density at radius 1 is 0.409 bits per heavy atom. The lowest BCUT2D eigenvalue weighted by Gasteiger charge is -2.14. The van der Waals surface area contributed by atoms with Gasteiger partial charge in [-0.15, -0.1) is 0 Å². The Balaban J connectivity index is 1.16. The van der Waals surface area contributed by atoms with Gasteiger partial charge in [0.25, 0.3) is 0 Å². The lowest BCUT2D eigenvalue weighted by Crippen LogP contribution is -2.00.